The highest BCUT2D eigenvalue weighted by molar-refractivity contribution is 5.28. The largest absolute Gasteiger partial charge is 0.497 e. The molecule has 0 aliphatic heterocycles. The number of benzene rings is 1. The Labute approximate surface area is 137 Å². The summed E-state index contributed by atoms with van der Waals surface area (Å²) >= 11 is 0. The Balaban J connectivity index is 1.89. The molecule has 0 heterocycles. The third kappa shape index (κ3) is 9.83. The van der Waals surface area contributed by atoms with Crippen LogP contribution in [0.3, 0.4) is 0 Å². The van der Waals surface area contributed by atoms with Crippen LogP contribution in [0.1, 0.15) is 63.4 Å². The van der Waals surface area contributed by atoms with Crippen LogP contribution in [0, 0.1) is 0 Å². The summed E-state index contributed by atoms with van der Waals surface area (Å²) in [6.07, 6.45) is 13.6. The van der Waals surface area contributed by atoms with E-state index in [1.54, 1.807) is 7.11 Å². The molecule has 1 aromatic carbocycles. The van der Waals surface area contributed by atoms with Gasteiger partial charge in [0.05, 0.1) is 7.11 Å². The molecule has 2 nitrogen and oxygen atoms in total. The summed E-state index contributed by atoms with van der Waals surface area (Å²) in [5.74, 6) is 0.978. The summed E-state index contributed by atoms with van der Waals surface area (Å²) in [6.45, 7) is 1.24. The molecule has 0 saturated heterocycles. The molecule has 126 valence electrons. The molecule has 0 aliphatic carbocycles. The molecule has 0 saturated carbocycles. The van der Waals surface area contributed by atoms with Crippen molar-refractivity contribution in [2.45, 2.75) is 64.2 Å². The standard InChI is InChI=1S/C20H35NO/c1-21(2)17-12-10-8-6-4-5-7-9-11-14-19-15-13-16-20(18-19)22-3/h13,15-16,18H,4-12,14,17H2,1-3H3. The first-order valence-corrected chi connectivity index (χ1v) is 9.00. The van der Waals surface area contributed by atoms with Crippen molar-refractivity contribution in [3.8, 4) is 5.75 Å². The first kappa shape index (κ1) is 19.0. The molecular weight excluding hydrogens is 270 g/mol. The zero-order valence-corrected chi connectivity index (χ0v) is 14.9. The second-order valence-corrected chi connectivity index (χ2v) is 6.59. The van der Waals surface area contributed by atoms with Gasteiger partial charge in [-0.05, 0) is 57.6 Å². The highest BCUT2D eigenvalue weighted by Crippen LogP contribution is 2.16. The van der Waals surface area contributed by atoms with Crippen molar-refractivity contribution >= 4 is 0 Å². The fraction of sp³-hybridized carbons (Fsp3) is 0.700. The van der Waals surface area contributed by atoms with Crippen LogP contribution < -0.4 is 4.74 Å². The topological polar surface area (TPSA) is 12.5 Å². The van der Waals surface area contributed by atoms with Crippen LogP contribution in [-0.4, -0.2) is 32.6 Å². The van der Waals surface area contributed by atoms with E-state index in [1.807, 2.05) is 6.07 Å². The number of rotatable bonds is 13. The van der Waals surface area contributed by atoms with Crippen LogP contribution in [0.2, 0.25) is 0 Å². The van der Waals surface area contributed by atoms with Crippen LogP contribution in [0.25, 0.3) is 0 Å². The van der Waals surface area contributed by atoms with E-state index in [2.05, 4.69) is 37.2 Å². The summed E-state index contributed by atoms with van der Waals surface area (Å²) < 4.78 is 5.26. The zero-order chi connectivity index (χ0) is 16.0. The number of hydrogen-bond acceptors (Lipinski definition) is 2. The van der Waals surface area contributed by atoms with Crippen LogP contribution in [0.5, 0.6) is 5.75 Å². The summed E-state index contributed by atoms with van der Waals surface area (Å²) in [7, 11) is 6.05. The Morgan fingerprint density at radius 3 is 2.00 bits per heavy atom. The lowest BCUT2D eigenvalue weighted by molar-refractivity contribution is 0.389. The molecule has 0 radical (unpaired) electrons. The van der Waals surface area contributed by atoms with Gasteiger partial charge in [0.1, 0.15) is 5.75 Å². The van der Waals surface area contributed by atoms with Gasteiger partial charge in [0.25, 0.3) is 0 Å². The molecule has 22 heavy (non-hydrogen) atoms. The lowest BCUT2D eigenvalue weighted by Crippen LogP contribution is -2.12. The Bertz CT molecular complexity index is 376. The summed E-state index contributed by atoms with van der Waals surface area (Å²) in [4.78, 5) is 2.28. The number of methoxy groups -OCH3 is 1. The SMILES string of the molecule is COc1cccc(CCCCCCCCCCCN(C)C)c1. The van der Waals surface area contributed by atoms with E-state index >= 15 is 0 Å². The quantitative estimate of drug-likeness (QED) is 0.458. The molecule has 0 amide bonds. The van der Waals surface area contributed by atoms with Crippen molar-refractivity contribution in [2.75, 3.05) is 27.7 Å². The zero-order valence-electron chi connectivity index (χ0n) is 14.9. The van der Waals surface area contributed by atoms with E-state index in [1.165, 1.54) is 76.3 Å². The number of unbranched alkanes of at least 4 members (excludes halogenated alkanes) is 8. The van der Waals surface area contributed by atoms with Crippen LogP contribution in [-0.2, 0) is 6.42 Å². The van der Waals surface area contributed by atoms with E-state index in [4.69, 9.17) is 4.74 Å². The van der Waals surface area contributed by atoms with Crippen LogP contribution in [0.15, 0.2) is 24.3 Å². The van der Waals surface area contributed by atoms with E-state index in [9.17, 15) is 0 Å². The molecule has 0 bridgehead atoms. The van der Waals surface area contributed by atoms with Crippen molar-refractivity contribution < 1.29 is 4.74 Å². The third-order valence-corrected chi connectivity index (χ3v) is 4.20. The Kier molecular flexibility index (Phi) is 10.8. The van der Waals surface area contributed by atoms with Crippen LogP contribution >= 0.6 is 0 Å². The summed E-state index contributed by atoms with van der Waals surface area (Å²) in [5.41, 5.74) is 1.40. The molecule has 0 aliphatic rings. The van der Waals surface area contributed by atoms with E-state index in [-0.39, 0.29) is 0 Å². The number of ether oxygens (including phenoxy) is 1. The Morgan fingerprint density at radius 2 is 1.41 bits per heavy atom. The van der Waals surface area contributed by atoms with Gasteiger partial charge in [-0.2, -0.15) is 0 Å². The highest BCUT2D eigenvalue weighted by atomic mass is 16.5. The van der Waals surface area contributed by atoms with E-state index < -0.39 is 0 Å². The van der Waals surface area contributed by atoms with Gasteiger partial charge < -0.3 is 9.64 Å². The summed E-state index contributed by atoms with van der Waals surface area (Å²) in [6, 6.07) is 8.47. The Morgan fingerprint density at radius 1 is 0.818 bits per heavy atom. The van der Waals surface area contributed by atoms with Gasteiger partial charge in [-0.25, -0.2) is 0 Å². The first-order chi connectivity index (χ1) is 10.7. The van der Waals surface area contributed by atoms with Crippen molar-refractivity contribution in [1.29, 1.82) is 0 Å². The fourth-order valence-corrected chi connectivity index (χ4v) is 2.82. The minimum absolute atomic E-state index is 0.978. The average Bonchev–Trinajstić information content (AvgIpc) is 2.52. The predicted octanol–water partition coefficient (Wildman–Crippen LogP) is 5.31. The molecule has 0 N–H and O–H groups in total. The van der Waals surface area contributed by atoms with Gasteiger partial charge in [0.15, 0.2) is 0 Å². The molecule has 1 aromatic rings. The number of aryl methyl sites for hydroxylation is 1. The first-order valence-electron chi connectivity index (χ1n) is 9.00. The molecule has 0 unspecified atom stereocenters. The minimum Gasteiger partial charge on any atom is -0.497 e. The molecule has 0 atom stereocenters. The number of nitrogens with zero attached hydrogens (tertiary/aromatic N) is 1. The summed E-state index contributed by atoms with van der Waals surface area (Å²) in [5, 5.41) is 0. The lowest BCUT2D eigenvalue weighted by Gasteiger charge is -2.08. The van der Waals surface area contributed by atoms with Gasteiger partial charge in [0, 0.05) is 0 Å². The highest BCUT2D eigenvalue weighted by Gasteiger charge is 1.97. The second kappa shape index (κ2) is 12.5. The Hall–Kier alpha value is -1.02. The van der Waals surface area contributed by atoms with Crippen molar-refractivity contribution in [3.05, 3.63) is 29.8 Å². The van der Waals surface area contributed by atoms with Gasteiger partial charge in [-0.3, -0.25) is 0 Å². The smallest absolute Gasteiger partial charge is 0.119 e. The van der Waals surface area contributed by atoms with Gasteiger partial charge >= 0.3 is 0 Å². The van der Waals surface area contributed by atoms with Crippen molar-refractivity contribution in [2.24, 2.45) is 0 Å². The molecule has 1 rings (SSSR count). The second-order valence-electron chi connectivity index (χ2n) is 6.59. The van der Waals surface area contributed by atoms with Crippen LogP contribution in [0.4, 0.5) is 0 Å². The molecule has 0 fully saturated rings. The maximum absolute atomic E-state index is 5.26. The lowest BCUT2D eigenvalue weighted by atomic mass is 10.0. The van der Waals surface area contributed by atoms with Crippen molar-refractivity contribution in [3.63, 3.8) is 0 Å². The van der Waals surface area contributed by atoms with Gasteiger partial charge in [-0.1, -0.05) is 57.1 Å². The van der Waals surface area contributed by atoms with E-state index in [0.29, 0.717) is 0 Å². The monoisotopic (exact) mass is 305 g/mol. The van der Waals surface area contributed by atoms with Gasteiger partial charge in [0.2, 0.25) is 0 Å². The minimum atomic E-state index is 0.978. The molecule has 0 spiro atoms. The number of hydrogen-bond donors (Lipinski definition) is 0. The van der Waals surface area contributed by atoms with Gasteiger partial charge in [-0.15, -0.1) is 0 Å². The predicted molar refractivity (Wildman–Crippen MR) is 96.8 cm³/mol. The maximum atomic E-state index is 5.26. The molecule has 2 heteroatoms. The average molecular weight is 306 g/mol. The normalized spacial score (nSPS) is 11.1. The molecular formula is C20H35NO. The molecule has 0 aromatic heterocycles. The van der Waals surface area contributed by atoms with Crippen molar-refractivity contribution in [1.82, 2.24) is 4.90 Å². The van der Waals surface area contributed by atoms with E-state index in [0.717, 1.165) is 5.75 Å². The fourth-order valence-electron chi connectivity index (χ4n) is 2.82. The third-order valence-electron chi connectivity index (χ3n) is 4.20. The maximum Gasteiger partial charge on any atom is 0.119 e.